The molecule has 3 rings (SSSR count). The van der Waals surface area contributed by atoms with Gasteiger partial charge in [-0.05, 0) is 43.3 Å². The van der Waals surface area contributed by atoms with Gasteiger partial charge in [0.2, 0.25) is 17.0 Å². The van der Waals surface area contributed by atoms with Crippen molar-refractivity contribution in [2.24, 2.45) is 0 Å². The van der Waals surface area contributed by atoms with Crippen LogP contribution in [0, 0.1) is 0 Å². The summed E-state index contributed by atoms with van der Waals surface area (Å²) in [4.78, 5) is 39.0. The van der Waals surface area contributed by atoms with E-state index >= 15 is 0 Å². The number of hydrogen-bond donors (Lipinski definition) is 3. The fourth-order valence-electron chi connectivity index (χ4n) is 2.50. The van der Waals surface area contributed by atoms with Gasteiger partial charge in [-0.2, -0.15) is 0 Å². The van der Waals surface area contributed by atoms with Crippen LogP contribution < -0.4 is 10.6 Å². The van der Waals surface area contributed by atoms with Crippen LogP contribution in [0.2, 0.25) is 0 Å². The first-order valence-electron chi connectivity index (χ1n) is 8.75. The lowest BCUT2D eigenvalue weighted by atomic mass is 10.1. The average molecular weight is 409 g/mol. The molecule has 0 fully saturated rings. The van der Waals surface area contributed by atoms with Gasteiger partial charge in [0.25, 0.3) is 0 Å². The van der Waals surface area contributed by atoms with Gasteiger partial charge in [-0.25, -0.2) is 4.98 Å². The molecule has 0 saturated heterocycles. The summed E-state index contributed by atoms with van der Waals surface area (Å²) in [6.07, 6.45) is 0. The number of carbonyl (C=O) groups excluding carboxylic acids is 3. The van der Waals surface area contributed by atoms with E-state index in [0.717, 1.165) is 5.56 Å². The Hall–Kier alpha value is -3.46. The molecule has 148 valence electrons. The summed E-state index contributed by atoms with van der Waals surface area (Å²) in [5.41, 5.74) is 2.61. The maximum absolute atomic E-state index is 12.2. The van der Waals surface area contributed by atoms with Gasteiger partial charge in [0.1, 0.15) is 0 Å². The van der Waals surface area contributed by atoms with E-state index in [1.54, 1.807) is 36.4 Å². The Kier molecular flexibility index (Phi) is 6.40. The minimum atomic E-state index is -0.221. The third-order valence-corrected chi connectivity index (χ3v) is 4.68. The van der Waals surface area contributed by atoms with Crippen LogP contribution in [-0.2, 0) is 9.59 Å². The monoisotopic (exact) mass is 409 g/mol. The van der Waals surface area contributed by atoms with E-state index in [4.69, 9.17) is 0 Å². The molecule has 2 amide bonds. The molecule has 0 atom stereocenters. The number of rotatable bonds is 7. The molecule has 0 aliphatic heterocycles. The first-order valence-corrected chi connectivity index (χ1v) is 9.73. The van der Waals surface area contributed by atoms with Crippen molar-refractivity contribution in [3.05, 3.63) is 54.1 Å². The Bertz CT molecular complexity index is 1050. The number of amides is 2. The molecule has 9 heteroatoms. The van der Waals surface area contributed by atoms with E-state index in [1.807, 2.05) is 12.1 Å². The van der Waals surface area contributed by atoms with E-state index in [2.05, 4.69) is 25.8 Å². The number of nitrogens with zero attached hydrogens (tertiary/aromatic N) is 2. The summed E-state index contributed by atoms with van der Waals surface area (Å²) in [7, 11) is 0. The van der Waals surface area contributed by atoms with E-state index in [1.165, 1.54) is 25.6 Å². The van der Waals surface area contributed by atoms with Gasteiger partial charge < -0.3 is 10.6 Å². The first-order chi connectivity index (χ1) is 13.9. The number of aromatic nitrogens is 3. The van der Waals surface area contributed by atoms with E-state index in [0.29, 0.717) is 27.9 Å². The molecular formula is C20H19N5O3S. The number of anilines is 2. The normalized spacial score (nSPS) is 10.4. The van der Waals surface area contributed by atoms with Crippen molar-refractivity contribution in [2.45, 2.75) is 19.0 Å². The number of Topliss-reactive ketones (excluding diaryl/α,β-unsaturated/α-hetero) is 1. The smallest absolute Gasteiger partial charge is 0.234 e. The molecular weight excluding hydrogens is 390 g/mol. The quantitative estimate of drug-likeness (QED) is 0.407. The fourth-order valence-corrected chi connectivity index (χ4v) is 3.10. The molecule has 0 aliphatic carbocycles. The van der Waals surface area contributed by atoms with E-state index < -0.39 is 0 Å². The lowest BCUT2D eigenvalue weighted by Gasteiger charge is -2.05. The summed E-state index contributed by atoms with van der Waals surface area (Å²) in [6.45, 7) is 2.93. The average Bonchev–Trinajstić information content (AvgIpc) is 3.16. The summed E-state index contributed by atoms with van der Waals surface area (Å²) in [5.74, 6) is 0.276. The largest absolute Gasteiger partial charge is 0.326 e. The number of ketones is 1. The first kappa shape index (κ1) is 20.3. The molecule has 0 bridgehead atoms. The van der Waals surface area contributed by atoms with Crippen molar-refractivity contribution in [3.8, 4) is 11.4 Å². The minimum absolute atomic E-state index is 0.0613. The molecule has 1 aromatic heterocycles. The number of benzene rings is 2. The Labute approximate surface area is 171 Å². The highest BCUT2D eigenvalue weighted by molar-refractivity contribution is 7.99. The minimum Gasteiger partial charge on any atom is -0.326 e. The topological polar surface area (TPSA) is 117 Å². The van der Waals surface area contributed by atoms with Gasteiger partial charge in [0.15, 0.2) is 11.6 Å². The van der Waals surface area contributed by atoms with Crippen molar-refractivity contribution < 1.29 is 14.4 Å². The lowest BCUT2D eigenvalue weighted by molar-refractivity contribution is -0.114. The Morgan fingerprint density at radius 3 is 2.45 bits per heavy atom. The molecule has 1 heterocycles. The second kappa shape index (κ2) is 9.16. The van der Waals surface area contributed by atoms with Gasteiger partial charge in [-0.15, -0.1) is 5.10 Å². The highest BCUT2D eigenvalue weighted by Crippen LogP contribution is 2.21. The van der Waals surface area contributed by atoms with Crippen molar-refractivity contribution in [1.29, 1.82) is 0 Å². The van der Waals surface area contributed by atoms with Gasteiger partial charge in [0, 0.05) is 29.4 Å². The van der Waals surface area contributed by atoms with Crippen LogP contribution in [0.1, 0.15) is 24.2 Å². The van der Waals surface area contributed by atoms with Crippen LogP contribution in [0.4, 0.5) is 11.4 Å². The maximum Gasteiger partial charge on any atom is 0.234 e. The molecule has 0 saturated carbocycles. The van der Waals surface area contributed by atoms with Crippen molar-refractivity contribution >= 4 is 40.7 Å². The number of hydrogen-bond acceptors (Lipinski definition) is 6. The molecule has 8 nitrogen and oxygen atoms in total. The Morgan fingerprint density at radius 2 is 1.76 bits per heavy atom. The van der Waals surface area contributed by atoms with Crippen LogP contribution in [0.3, 0.4) is 0 Å². The maximum atomic E-state index is 12.2. The zero-order valence-corrected chi connectivity index (χ0v) is 16.7. The van der Waals surface area contributed by atoms with Crippen LogP contribution >= 0.6 is 11.8 Å². The van der Waals surface area contributed by atoms with Crippen molar-refractivity contribution in [3.63, 3.8) is 0 Å². The number of H-pyrrole nitrogens is 1. The highest BCUT2D eigenvalue weighted by Gasteiger charge is 2.10. The molecule has 3 N–H and O–H groups in total. The number of nitrogens with one attached hydrogen (secondary N) is 3. The second-order valence-corrected chi connectivity index (χ2v) is 7.14. The Balaban J connectivity index is 1.56. The molecule has 0 radical (unpaired) electrons. The molecule has 0 spiro atoms. The van der Waals surface area contributed by atoms with Crippen LogP contribution in [0.25, 0.3) is 11.4 Å². The van der Waals surface area contributed by atoms with Gasteiger partial charge in [-0.1, -0.05) is 23.9 Å². The van der Waals surface area contributed by atoms with Crippen LogP contribution in [0.15, 0.2) is 53.7 Å². The Morgan fingerprint density at radius 1 is 1.00 bits per heavy atom. The SMILES string of the molecule is CC(=O)Nc1ccc(-c2nc(SCC(=O)Nc3cccc(C(C)=O)c3)n[nH]2)cc1. The zero-order chi connectivity index (χ0) is 20.8. The van der Waals surface area contributed by atoms with Crippen LogP contribution in [-0.4, -0.2) is 38.5 Å². The lowest BCUT2D eigenvalue weighted by Crippen LogP contribution is -2.14. The molecule has 2 aromatic carbocycles. The van der Waals surface area contributed by atoms with Gasteiger partial charge in [0.05, 0.1) is 5.75 Å². The van der Waals surface area contributed by atoms with E-state index in [9.17, 15) is 14.4 Å². The van der Waals surface area contributed by atoms with Gasteiger partial charge >= 0.3 is 0 Å². The number of carbonyl (C=O) groups is 3. The number of aromatic amines is 1. The molecule has 0 aliphatic rings. The highest BCUT2D eigenvalue weighted by atomic mass is 32.2. The predicted octanol–water partition coefficient (Wildman–Crippen LogP) is 3.36. The van der Waals surface area contributed by atoms with Gasteiger partial charge in [-0.3, -0.25) is 19.5 Å². The third-order valence-electron chi connectivity index (χ3n) is 3.83. The van der Waals surface area contributed by atoms with Crippen LogP contribution in [0.5, 0.6) is 0 Å². The van der Waals surface area contributed by atoms with Crippen molar-refractivity contribution in [2.75, 3.05) is 16.4 Å². The molecule has 3 aromatic rings. The fraction of sp³-hybridized carbons (Fsp3) is 0.150. The molecule has 0 unspecified atom stereocenters. The second-order valence-electron chi connectivity index (χ2n) is 6.20. The summed E-state index contributed by atoms with van der Waals surface area (Å²) in [5, 5.41) is 12.8. The molecule has 29 heavy (non-hydrogen) atoms. The number of thioether (sulfide) groups is 1. The summed E-state index contributed by atoms with van der Waals surface area (Å²) < 4.78 is 0. The zero-order valence-electron chi connectivity index (χ0n) is 15.9. The predicted molar refractivity (Wildman–Crippen MR) is 112 cm³/mol. The summed E-state index contributed by atoms with van der Waals surface area (Å²) in [6, 6.07) is 14.0. The van der Waals surface area contributed by atoms with Crippen molar-refractivity contribution in [1.82, 2.24) is 15.2 Å². The summed E-state index contributed by atoms with van der Waals surface area (Å²) >= 11 is 1.20. The van der Waals surface area contributed by atoms with E-state index in [-0.39, 0.29) is 23.4 Å². The third kappa shape index (κ3) is 5.76. The standard InChI is InChI=1S/C20H19N5O3S/c1-12(26)15-4-3-5-17(10-15)22-18(28)11-29-20-23-19(24-25-20)14-6-8-16(9-7-14)21-13(2)27/h3-10H,11H2,1-2H3,(H,21,27)(H,22,28)(H,23,24,25).